The number of carbonyl (C=O) groups is 1. The first-order valence-electron chi connectivity index (χ1n) is 9.54. The van der Waals surface area contributed by atoms with Gasteiger partial charge in [0.1, 0.15) is 0 Å². The number of guanidine groups is 1. The Labute approximate surface area is 151 Å². The average molecular weight is 345 g/mol. The SMILES string of the molecule is CCCCNC(=NCc1ccc(C)cc1)NCCC(=O)N1CCCC1. The Balaban J connectivity index is 1.82. The van der Waals surface area contributed by atoms with E-state index in [2.05, 4.69) is 53.7 Å². The average Bonchev–Trinajstić information content (AvgIpc) is 3.15. The van der Waals surface area contributed by atoms with E-state index in [0.717, 1.165) is 51.3 Å². The summed E-state index contributed by atoms with van der Waals surface area (Å²) in [5, 5.41) is 6.67. The molecule has 138 valence electrons. The van der Waals surface area contributed by atoms with Crippen molar-refractivity contribution in [1.82, 2.24) is 15.5 Å². The molecule has 1 aliphatic rings. The Hall–Kier alpha value is -2.04. The minimum Gasteiger partial charge on any atom is -0.356 e. The molecule has 1 saturated heterocycles. The predicted molar refractivity (Wildman–Crippen MR) is 104 cm³/mol. The molecule has 2 N–H and O–H groups in total. The normalized spacial score (nSPS) is 14.6. The molecular formula is C20H32N4O. The lowest BCUT2D eigenvalue weighted by molar-refractivity contribution is -0.129. The van der Waals surface area contributed by atoms with E-state index in [4.69, 9.17) is 0 Å². The van der Waals surface area contributed by atoms with Gasteiger partial charge in [0, 0.05) is 32.6 Å². The van der Waals surface area contributed by atoms with E-state index in [1.807, 2.05) is 4.90 Å². The van der Waals surface area contributed by atoms with E-state index in [-0.39, 0.29) is 5.91 Å². The third-order valence-electron chi connectivity index (χ3n) is 4.45. The highest BCUT2D eigenvalue weighted by Crippen LogP contribution is 2.08. The Morgan fingerprint density at radius 2 is 1.80 bits per heavy atom. The lowest BCUT2D eigenvalue weighted by Gasteiger charge is -2.16. The zero-order valence-electron chi connectivity index (χ0n) is 15.7. The van der Waals surface area contributed by atoms with E-state index < -0.39 is 0 Å². The van der Waals surface area contributed by atoms with Crippen molar-refractivity contribution in [3.05, 3.63) is 35.4 Å². The Morgan fingerprint density at radius 3 is 2.48 bits per heavy atom. The van der Waals surface area contributed by atoms with Crippen molar-refractivity contribution in [2.24, 2.45) is 4.99 Å². The molecule has 0 spiro atoms. The van der Waals surface area contributed by atoms with Gasteiger partial charge in [-0.1, -0.05) is 43.2 Å². The summed E-state index contributed by atoms with van der Waals surface area (Å²) in [4.78, 5) is 18.8. The molecule has 2 rings (SSSR count). The van der Waals surface area contributed by atoms with Crippen molar-refractivity contribution in [1.29, 1.82) is 0 Å². The molecule has 5 nitrogen and oxygen atoms in total. The minimum absolute atomic E-state index is 0.247. The van der Waals surface area contributed by atoms with Gasteiger partial charge in [-0.2, -0.15) is 0 Å². The number of carbonyl (C=O) groups excluding carboxylic acids is 1. The summed E-state index contributed by atoms with van der Waals surface area (Å²) < 4.78 is 0. The number of hydrogen-bond donors (Lipinski definition) is 2. The molecule has 1 heterocycles. The summed E-state index contributed by atoms with van der Waals surface area (Å²) >= 11 is 0. The second-order valence-corrected chi connectivity index (χ2v) is 6.70. The monoisotopic (exact) mass is 344 g/mol. The highest BCUT2D eigenvalue weighted by atomic mass is 16.2. The van der Waals surface area contributed by atoms with Crippen LogP contribution >= 0.6 is 0 Å². The van der Waals surface area contributed by atoms with Crippen LogP contribution < -0.4 is 10.6 Å². The molecule has 0 aliphatic carbocycles. The van der Waals surface area contributed by atoms with Gasteiger partial charge >= 0.3 is 0 Å². The third kappa shape index (κ3) is 7.16. The summed E-state index contributed by atoms with van der Waals surface area (Å²) in [6, 6.07) is 8.44. The van der Waals surface area contributed by atoms with Gasteiger partial charge in [-0.05, 0) is 31.7 Å². The van der Waals surface area contributed by atoms with Gasteiger partial charge in [0.25, 0.3) is 0 Å². The standard InChI is InChI=1S/C20H32N4O/c1-3-4-12-21-20(23-16-18-9-7-17(2)8-10-18)22-13-11-19(25)24-14-5-6-15-24/h7-10H,3-6,11-16H2,1-2H3,(H2,21,22,23). The number of rotatable bonds is 8. The summed E-state index contributed by atoms with van der Waals surface area (Å²) in [6.45, 7) is 8.26. The highest BCUT2D eigenvalue weighted by Gasteiger charge is 2.17. The van der Waals surface area contributed by atoms with Gasteiger partial charge < -0.3 is 15.5 Å². The molecule has 5 heteroatoms. The molecule has 0 aromatic heterocycles. The smallest absolute Gasteiger partial charge is 0.224 e. The Bertz CT molecular complexity index is 547. The molecule has 1 aliphatic heterocycles. The first-order valence-corrected chi connectivity index (χ1v) is 9.54. The molecule has 1 aromatic carbocycles. The first kappa shape index (κ1) is 19.3. The maximum Gasteiger partial charge on any atom is 0.224 e. The Morgan fingerprint density at radius 1 is 1.12 bits per heavy atom. The van der Waals surface area contributed by atoms with Crippen LogP contribution in [0.3, 0.4) is 0 Å². The maximum atomic E-state index is 12.1. The van der Waals surface area contributed by atoms with E-state index >= 15 is 0 Å². The number of benzene rings is 1. The summed E-state index contributed by atoms with van der Waals surface area (Å²) in [5.74, 6) is 1.04. The molecule has 0 unspecified atom stereocenters. The van der Waals surface area contributed by atoms with E-state index in [0.29, 0.717) is 19.5 Å². The quantitative estimate of drug-likeness (QED) is 0.433. The number of nitrogens with one attached hydrogen (secondary N) is 2. The topological polar surface area (TPSA) is 56.7 Å². The predicted octanol–water partition coefficient (Wildman–Crippen LogP) is 2.84. The summed E-state index contributed by atoms with van der Waals surface area (Å²) in [7, 11) is 0. The second kappa shape index (κ2) is 10.7. The largest absolute Gasteiger partial charge is 0.356 e. The van der Waals surface area contributed by atoms with Crippen molar-refractivity contribution in [2.45, 2.75) is 52.5 Å². The summed E-state index contributed by atoms with van der Waals surface area (Å²) in [6.07, 6.45) is 5.06. The molecular weight excluding hydrogens is 312 g/mol. The van der Waals surface area contributed by atoms with Gasteiger partial charge in [0.05, 0.1) is 6.54 Å². The second-order valence-electron chi connectivity index (χ2n) is 6.70. The van der Waals surface area contributed by atoms with Crippen molar-refractivity contribution in [3.8, 4) is 0 Å². The zero-order valence-corrected chi connectivity index (χ0v) is 15.7. The van der Waals surface area contributed by atoms with Crippen LogP contribution in [0, 0.1) is 6.92 Å². The molecule has 1 fully saturated rings. The Kier molecular flexibility index (Phi) is 8.29. The van der Waals surface area contributed by atoms with E-state index in [9.17, 15) is 4.79 Å². The number of aliphatic imine (C=N–C) groups is 1. The fraction of sp³-hybridized carbons (Fsp3) is 0.600. The lowest BCUT2D eigenvalue weighted by atomic mass is 10.1. The van der Waals surface area contributed by atoms with Gasteiger partial charge in [0.2, 0.25) is 5.91 Å². The number of likely N-dealkylation sites (tertiary alicyclic amines) is 1. The molecule has 25 heavy (non-hydrogen) atoms. The molecule has 1 aromatic rings. The lowest BCUT2D eigenvalue weighted by Crippen LogP contribution is -2.40. The van der Waals surface area contributed by atoms with Crippen LogP contribution in [0.4, 0.5) is 0 Å². The van der Waals surface area contributed by atoms with Crippen LogP contribution in [0.5, 0.6) is 0 Å². The van der Waals surface area contributed by atoms with Crippen LogP contribution in [0.2, 0.25) is 0 Å². The molecule has 0 bridgehead atoms. The van der Waals surface area contributed by atoms with Gasteiger partial charge in [-0.15, -0.1) is 0 Å². The van der Waals surface area contributed by atoms with Crippen LogP contribution in [0.1, 0.15) is 50.2 Å². The van der Waals surface area contributed by atoms with E-state index in [1.54, 1.807) is 0 Å². The number of nitrogens with zero attached hydrogens (tertiary/aromatic N) is 2. The number of unbranched alkanes of at least 4 members (excludes halogenated alkanes) is 1. The maximum absolute atomic E-state index is 12.1. The van der Waals surface area contributed by atoms with Gasteiger partial charge in [-0.25, -0.2) is 4.99 Å². The third-order valence-corrected chi connectivity index (χ3v) is 4.45. The number of amides is 1. The number of aryl methyl sites for hydroxylation is 1. The fourth-order valence-corrected chi connectivity index (χ4v) is 2.83. The van der Waals surface area contributed by atoms with Crippen molar-refractivity contribution >= 4 is 11.9 Å². The van der Waals surface area contributed by atoms with Crippen LogP contribution in [0.15, 0.2) is 29.3 Å². The molecule has 0 radical (unpaired) electrons. The fourth-order valence-electron chi connectivity index (χ4n) is 2.83. The van der Waals surface area contributed by atoms with Crippen molar-refractivity contribution in [3.63, 3.8) is 0 Å². The minimum atomic E-state index is 0.247. The van der Waals surface area contributed by atoms with Crippen LogP contribution in [-0.4, -0.2) is 42.9 Å². The van der Waals surface area contributed by atoms with Gasteiger partial charge in [0.15, 0.2) is 5.96 Å². The number of hydrogen-bond acceptors (Lipinski definition) is 2. The van der Waals surface area contributed by atoms with Crippen molar-refractivity contribution in [2.75, 3.05) is 26.2 Å². The van der Waals surface area contributed by atoms with Gasteiger partial charge in [-0.3, -0.25) is 4.79 Å². The van der Waals surface area contributed by atoms with Crippen molar-refractivity contribution < 1.29 is 4.79 Å². The highest BCUT2D eigenvalue weighted by molar-refractivity contribution is 5.81. The zero-order chi connectivity index (χ0) is 17.9. The molecule has 1 amide bonds. The summed E-state index contributed by atoms with van der Waals surface area (Å²) in [5.41, 5.74) is 2.45. The first-order chi connectivity index (χ1) is 12.2. The molecule has 0 saturated carbocycles. The van der Waals surface area contributed by atoms with Crippen LogP contribution in [0.25, 0.3) is 0 Å². The van der Waals surface area contributed by atoms with Crippen LogP contribution in [-0.2, 0) is 11.3 Å². The van der Waals surface area contributed by atoms with E-state index in [1.165, 1.54) is 11.1 Å². The molecule has 0 atom stereocenters.